The van der Waals surface area contributed by atoms with Gasteiger partial charge in [0.25, 0.3) is 5.91 Å². The minimum absolute atomic E-state index is 0.173. The van der Waals surface area contributed by atoms with Crippen molar-refractivity contribution in [2.45, 2.75) is 26.1 Å². The molecule has 170 valence electrons. The van der Waals surface area contributed by atoms with Crippen LogP contribution < -0.4 is 5.32 Å². The van der Waals surface area contributed by atoms with E-state index in [2.05, 4.69) is 15.4 Å². The maximum absolute atomic E-state index is 13.8. The van der Waals surface area contributed by atoms with E-state index < -0.39 is 23.3 Å². The summed E-state index contributed by atoms with van der Waals surface area (Å²) in [6.07, 6.45) is -4.85. The molecule has 10 heteroatoms. The number of amides is 1. The Hall–Kier alpha value is -3.10. The number of pyridine rings is 1. The number of rotatable bonds is 4. The van der Waals surface area contributed by atoms with Crippen LogP contribution in [-0.4, -0.2) is 26.7 Å². The lowest BCUT2D eigenvalue weighted by molar-refractivity contribution is -0.141. The molecule has 2 heterocycles. The highest BCUT2D eigenvalue weighted by Crippen LogP contribution is 2.37. The highest BCUT2D eigenvalue weighted by atomic mass is 35.5. The van der Waals surface area contributed by atoms with Crippen LogP contribution in [0.4, 0.5) is 13.2 Å². The third-order valence-electron chi connectivity index (χ3n) is 4.80. The van der Waals surface area contributed by atoms with Crippen molar-refractivity contribution in [1.82, 2.24) is 20.1 Å². The molecule has 0 fully saturated rings. The van der Waals surface area contributed by atoms with Crippen LogP contribution in [0.1, 0.15) is 29.9 Å². The smallest absolute Gasteiger partial charge is 0.350 e. The molecule has 0 unspecified atom stereocenters. The van der Waals surface area contributed by atoms with E-state index in [1.54, 1.807) is 62.4 Å². The highest BCUT2D eigenvalue weighted by molar-refractivity contribution is 6.32. The van der Waals surface area contributed by atoms with Crippen LogP contribution in [0.3, 0.4) is 0 Å². The number of nitrogens with one attached hydrogen (secondary N) is 1. The van der Waals surface area contributed by atoms with Crippen molar-refractivity contribution >= 4 is 40.1 Å². The summed E-state index contributed by atoms with van der Waals surface area (Å²) in [5, 5.41) is 7.93. The first-order valence-corrected chi connectivity index (χ1v) is 10.6. The standard InChI is InChI=1S/C23H17Cl2F3N4O/c1-12(2)29-22(33)16-11-15-19(13-7-9-14(24)10-8-13)32(18-6-4-3-5-17(18)25)31-21(15)30-20(16)23(26,27)28/h3-12H,1-2H3,(H,29,33). The number of hydrogen-bond acceptors (Lipinski definition) is 3. The van der Waals surface area contributed by atoms with Gasteiger partial charge in [0.2, 0.25) is 0 Å². The Bertz CT molecular complexity index is 1350. The normalized spacial score (nSPS) is 11.9. The molecule has 1 N–H and O–H groups in total. The van der Waals surface area contributed by atoms with E-state index in [1.807, 2.05) is 0 Å². The molecule has 1 amide bonds. The summed E-state index contributed by atoms with van der Waals surface area (Å²) in [5.41, 5.74) is -0.581. The van der Waals surface area contributed by atoms with Crippen LogP contribution in [0.2, 0.25) is 10.0 Å². The molecule has 0 aliphatic rings. The first-order valence-electron chi connectivity index (χ1n) is 9.89. The SMILES string of the molecule is CC(C)NC(=O)c1cc2c(-c3ccc(Cl)cc3)n(-c3ccccc3Cl)nc2nc1C(F)(F)F. The van der Waals surface area contributed by atoms with Gasteiger partial charge in [-0.15, -0.1) is 5.10 Å². The molecular weight excluding hydrogens is 476 g/mol. The van der Waals surface area contributed by atoms with Crippen LogP contribution in [0, 0.1) is 0 Å². The molecule has 4 aromatic rings. The van der Waals surface area contributed by atoms with Crippen molar-refractivity contribution in [2.24, 2.45) is 0 Å². The second-order valence-electron chi connectivity index (χ2n) is 7.60. The fourth-order valence-electron chi connectivity index (χ4n) is 3.43. The third kappa shape index (κ3) is 4.54. The first kappa shape index (κ1) is 23.1. The van der Waals surface area contributed by atoms with Gasteiger partial charge in [0.05, 0.1) is 22.0 Å². The van der Waals surface area contributed by atoms with E-state index in [4.69, 9.17) is 23.2 Å². The fraction of sp³-hybridized carbons (Fsp3) is 0.174. The second-order valence-corrected chi connectivity index (χ2v) is 8.44. The van der Waals surface area contributed by atoms with Gasteiger partial charge in [0.15, 0.2) is 11.3 Å². The molecule has 0 radical (unpaired) electrons. The van der Waals surface area contributed by atoms with E-state index >= 15 is 0 Å². The Labute approximate surface area is 197 Å². The van der Waals surface area contributed by atoms with Crippen LogP contribution in [0.25, 0.3) is 28.0 Å². The Morgan fingerprint density at radius 2 is 1.73 bits per heavy atom. The predicted octanol–water partition coefficient (Wildman–Crippen LogP) is 6.55. The Morgan fingerprint density at radius 3 is 2.33 bits per heavy atom. The third-order valence-corrected chi connectivity index (χ3v) is 5.37. The summed E-state index contributed by atoms with van der Waals surface area (Å²) in [5.74, 6) is -0.876. The van der Waals surface area contributed by atoms with Crippen molar-refractivity contribution in [3.8, 4) is 16.9 Å². The number of nitrogens with zero attached hydrogens (tertiary/aromatic N) is 3. The number of alkyl halides is 3. The molecule has 4 rings (SSSR count). The Kier molecular flexibility index (Phi) is 6.07. The fourth-order valence-corrected chi connectivity index (χ4v) is 3.77. The Balaban J connectivity index is 2.08. The highest BCUT2D eigenvalue weighted by Gasteiger charge is 2.38. The summed E-state index contributed by atoms with van der Waals surface area (Å²) >= 11 is 12.4. The summed E-state index contributed by atoms with van der Waals surface area (Å²) in [6.45, 7) is 3.32. The van der Waals surface area contributed by atoms with Crippen LogP contribution >= 0.6 is 23.2 Å². The van der Waals surface area contributed by atoms with Crippen molar-refractivity contribution in [3.63, 3.8) is 0 Å². The molecule has 2 aromatic heterocycles. The van der Waals surface area contributed by atoms with E-state index in [0.717, 1.165) is 0 Å². The van der Waals surface area contributed by atoms with Gasteiger partial charge in [-0.05, 0) is 44.2 Å². The van der Waals surface area contributed by atoms with Gasteiger partial charge in [-0.2, -0.15) is 13.2 Å². The van der Waals surface area contributed by atoms with Gasteiger partial charge >= 0.3 is 6.18 Å². The molecule has 0 aliphatic carbocycles. The maximum Gasteiger partial charge on any atom is 0.434 e. The van der Waals surface area contributed by atoms with Crippen LogP contribution in [-0.2, 0) is 6.18 Å². The molecule has 0 saturated carbocycles. The Morgan fingerprint density at radius 1 is 1.06 bits per heavy atom. The molecule has 33 heavy (non-hydrogen) atoms. The van der Waals surface area contributed by atoms with Crippen molar-refractivity contribution in [3.05, 3.63) is 75.9 Å². The summed E-state index contributed by atoms with van der Waals surface area (Å²) in [4.78, 5) is 16.4. The average Bonchev–Trinajstić information content (AvgIpc) is 3.11. The van der Waals surface area contributed by atoms with Gasteiger partial charge < -0.3 is 5.32 Å². The first-order chi connectivity index (χ1) is 15.6. The minimum Gasteiger partial charge on any atom is -0.350 e. The zero-order chi connectivity index (χ0) is 23.9. The van der Waals surface area contributed by atoms with Gasteiger partial charge in [-0.3, -0.25) is 4.79 Å². The average molecular weight is 493 g/mol. The largest absolute Gasteiger partial charge is 0.434 e. The van der Waals surface area contributed by atoms with Crippen molar-refractivity contribution < 1.29 is 18.0 Å². The maximum atomic E-state index is 13.8. The number of aromatic nitrogens is 3. The lowest BCUT2D eigenvalue weighted by Crippen LogP contribution is -2.32. The lowest BCUT2D eigenvalue weighted by atomic mass is 10.0. The lowest BCUT2D eigenvalue weighted by Gasteiger charge is -2.14. The van der Waals surface area contributed by atoms with Crippen molar-refractivity contribution in [1.29, 1.82) is 0 Å². The van der Waals surface area contributed by atoms with Gasteiger partial charge in [0.1, 0.15) is 0 Å². The van der Waals surface area contributed by atoms with E-state index in [0.29, 0.717) is 27.0 Å². The predicted molar refractivity (Wildman–Crippen MR) is 122 cm³/mol. The monoisotopic (exact) mass is 492 g/mol. The summed E-state index contributed by atoms with van der Waals surface area (Å²) in [7, 11) is 0. The molecule has 0 spiro atoms. The molecule has 0 aliphatic heterocycles. The minimum atomic E-state index is -4.85. The number of carbonyl (C=O) groups is 1. The number of benzene rings is 2. The van der Waals surface area contributed by atoms with E-state index in [-0.39, 0.29) is 17.1 Å². The van der Waals surface area contributed by atoms with Crippen LogP contribution in [0.15, 0.2) is 54.6 Å². The summed E-state index contributed by atoms with van der Waals surface area (Å²) in [6, 6.07) is 14.3. The van der Waals surface area contributed by atoms with Crippen molar-refractivity contribution in [2.75, 3.05) is 0 Å². The number of fused-ring (bicyclic) bond motifs is 1. The topological polar surface area (TPSA) is 59.8 Å². The number of carbonyl (C=O) groups excluding carboxylic acids is 1. The number of halogens is 5. The second kappa shape index (κ2) is 8.68. The zero-order valence-electron chi connectivity index (χ0n) is 17.4. The quantitative estimate of drug-likeness (QED) is 0.351. The zero-order valence-corrected chi connectivity index (χ0v) is 18.9. The number of hydrogen-bond donors (Lipinski definition) is 1. The van der Waals surface area contributed by atoms with Crippen LogP contribution in [0.5, 0.6) is 0 Å². The number of para-hydroxylation sites is 1. The molecule has 2 aromatic carbocycles. The molecule has 0 bridgehead atoms. The van der Waals surface area contributed by atoms with E-state index in [1.165, 1.54) is 10.7 Å². The molecular formula is C23H17Cl2F3N4O. The van der Waals surface area contributed by atoms with E-state index in [9.17, 15) is 18.0 Å². The molecule has 0 saturated heterocycles. The summed E-state index contributed by atoms with van der Waals surface area (Å²) < 4.78 is 42.9. The van der Waals surface area contributed by atoms with Gasteiger partial charge in [-0.25, -0.2) is 9.67 Å². The van der Waals surface area contributed by atoms with Gasteiger partial charge in [0, 0.05) is 22.0 Å². The van der Waals surface area contributed by atoms with Gasteiger partial charge in [-0.1, -0.05) is 47.5 Å². The molecule has 5 nitrogen and oxygen atoms in total. The molecule has 0 atom stereocenters.